The number of benzene rings is 1. The number of hydrogen-bond donors (Lipinski definition) is 2. The number of hydrogen-bond acceptors (Lipinski definition) is 5. The van der Waals surface area contributed by atoms with Gasteiger partial charge in [0.25, 0.3) is 0 Å². The highest BCUT2D eigenvalue weighted by Gasteiger charge is 2.32. The third kappa shape index (κ3) is 4.83. The summed E-state index contributed by atoms with van der Waals surface area (Å²) in [6.45, 7) is 5.27. The minimum absolute atomic E-state index is 0.128. The monoisotopic (exact) mass is 361 g/mol. The number of carbonyl (C=O) groups excluding carboxylic acids is 2. The first kappa shape index (κ1) is 17.9. The van der Waals surface area contributed by atoms with Crippen LogP contribution in [0.4, 0.5) is 5.69 Å². The fourth-order valence-corrected chi connectivity index (χ4v) is 3.81. The maximum absolute atomic E-state index is 12.3. The van der Waals surface area contributed by atoms with E-state index in [1.807, 2.05) is 32.0 Å². The average molecular weight is 361 g/mol. The van der Waals surface area contributed by atoms with Crippen molar-refractivity contribution in [2.24, 2.45) is 4.99 Å². The molecule has 0 aromatic heterocycles. The summed E-state index contributed by atoms with van der Waals surface area (Å²) >= 11 is 1.32. The number of nitrogens with one attached hydrogen (secondary N) is 2. The fraction of sp³-hybridized carbons (Fsp3) is 0.500. The quantitative estimate of drug-likeness (QED) is 0.844. The standard InChI is InChI=1S/C18H23N3O3S/c1-11-5-6-12(2)14(8-11)20-16(22)9-15-17(23)21-18(25-15)19-10-13-4-3-7-24-13/h5-6,8,13,15H,3-4,7,9-10H2,1-2H3,(H,20,22)(H,19,21,23)/t13-,15-/m1/s1. The topological polar surface area (TPSA) is 79.8 Å². The molecule has 6 nitrogen and oxygen atoms in total. The van der Waals surface area contributed by atoms with Gasteiger partial charge in [0, 0.05) is 18.7 Å². The molecule has 2 aliphatic rings. The number of thioether (sulfide) groups is 1. The van der Waals surface area contributed by atoms with Crippen LogP contribution < -0.4 is 10.6 Å². The maximum atomic E-state index is 12.3. The summed E-state index contributed by atoms with van der Waals surface area (Å²) in [5, 5.41) is 5.81. The highest BCUT2D eigenvalue weighted by Crippen LogP contribution is 2.24. The minimum atomic E-state index is -0.437. The molecule has 7 heteroatoms. The summed E-state index contributed by atoms with van der Waals surface area (Å²) < 4.78 is 5.53. The highest BCUT2D eigenvalue weighted by atomic mass is 32.2. The maximum Gasteiger partial charge on any atom is 0.240 e. The Labute approximate surface area is 151 Å². The Bertz CT molecular complexity index is 699. The van der Waals surface area contributed by atoms with E-state index in [-0.39, 0.29) is 24.3 Å². The Balaban J connectivity index is 1.53. The molecule has 2 aliphatic heterocycles. The molecule has 0 saturated carbocycles. The van der Waals surface area contributed by atoms with E-state index < -0.39 is 5.25 Å². The second-order valence-corrected chi connectivity index (χ2v) is 7.64. The number of amides is 2. The van der Waals surface area contributed by atoms with Crippen LogP contribution in [0.2, 0.25) is 0 Å². The van der Waals surface area contributed by atoms with Gasteiger partial charge in [0.2, 0.25) is 11.8 Å². The van der Waals surface area contributed by atoms with Crippen molar-refractivity contribution in [2.75, 3.05) is 18.5 Å². The predicted octanol–water partition coefficient (Wildman–Crippen LogP) is 2.40. The summed E-state index contributed by atoms with van der Waals surface area (Å²) in [4.78, 5) is 28.8. The van der Waals surface area contributed by atoms with Gasteiger partial charge in [-0.05, 0) is 43.9 Å². The van der Waals surface area contributed by atoms with E-state index in [0.717, 1.165) is 36.3 Å². The third-order valence-corrected chi connectivity index (χ3v) is 5.40. The first-order valence-corrected chi connectivity index (χ1v) is 9.40. The van der Waals surface area contributed by atoms with E-state index in [0.29, 0.717) is 11.7 Å². The largest absolute Gasteiger partial charge is 0.376 e. The van der Waals surface area contributed by atoms with E-state index in [1.54, 1.807) is 0 Å². The van der Waals surface area contributed by atoms with Gasteiger partial charge >= 0.3 is 0 Å². The molecule has 0 radical (unpaired) electrons. The lowest BCUT2D eigenvalue weighted by Gasteiger charge is -2.10. The summed E-state index contributed by atoms with van der Waals surface area (Å²) in [7, 11) is 0. The second kappa shape index (κ2) is 8.01. The number of ether oxygens (including phenoxy) is 1. The summed E-state index contributed by atoms with van der Waals surface area (Å²) in [6, 6.07) is 5.91. The normalized spacial score (nSPS) is 24.6. The van der Waals surface area contributed by atoms with Crippen molar-refractivity contribution in [3.05, 3.63) is 29.3 Å². The van der Waals surface area contributed by atoms with E-state index in [4.69, 9.17) is 4.74 Å². The molecule has 1 aromatic rings. The third-order valence-electron chi connectivity index (χ3n) is 4.28. The van der Waals surface area contributed by atoms with Crippen molar-refractivity contribution in [2.45, 2.75) is 44.5 Å². The molecular weight excluding hydrogens is 338 g/mol. The summed E-state index contributed by atoms with van der Waals surface area (Å²) in [5.74, 6) is -0.325. The van der Waals surface area contributed by atoms with Gasteiger partial charge in [-0.15, -0.1) is 0 Å². The van der Waals surface area contributed by atoms with Crippen LogP contribution in [0, 0.1) is 13.8 Å². The number of aliphatic imine (C=N–C) groups is 1. The lowest BCUT2D eigenvalue weighted by atomic mass is 10.1. The lowest BCUT2D eigenvalue weighted by molar-refractivity contribution is -0.122. The molecule has 3 rings (SSSR count). The zero-order valence-corrected chi connectivity index (χ0v) is 15.3. The van der Waals surface area contributed by atoms with Gasteiger partial charge in [0.05, 0.1) is 12.6 Å². The van der Waals surface area contributed by atoms with Gasteiger partial charge in [0.15, 0.2) is 5.17 Å². The van der Waals surface area contributed by atoms with Crippen LogP contribution in [-0.2, 0) is 14.3 Å². The number of rotatable bonds is 5. The van der Waals surface area contributed by atoms with Gasteiger partial charge in [-0.25, -0.2) is 0 Å². The number of anilines is 1. The van der Waals surface area contributed by atoms with Crippen LogP contribution in [0.15, 0.2) is 23.2 Å². The minimum Gasteiger partial charge on any atom is -0.376 e. The number of aryl methyl sites for hydroxylation is 2. The van der Waals surface area contributed by atoms with Crippen LogP contribution in [0.5, 0.6) is 0 Å². The molecule has 2 amide bonds. The van der Waals surface area contributed by atoms with Crippen molar-refractivity contribution in [1.29, 1.82) is 0 Å². The van der Waals surface area contributed by atoms with Gasteiger partial charge in [0.1, 0.15) is 5.25 Å². The molecule has 2 saturated heterocycles. The predicted molar refractivity (Wildman–Crippen MR) is 100.0 cm³/mol. The van der Waals surface area contributed by atoms with E-state index in [9.17, 15) is 9.59 Å². The van der Waals surface area contributed by atoms with E-state index >= 15 is 0 Å². The van der Waals surface area contributed by atoms with Crippen molar-refractivity contribution < 1.29 is 14.3 Å². The van der Waals surface area contributed by atoms with Gasteiger partial charge in [-0.1, -0.05) is 23.9 Å². The zero-order chi connectivity index (χ0) is 17.8. The molecule has 0 unspecified atom stereocenters. The Morgan fingerprint density at radius 3 is 3.04 bits per heavy atom. The first-order valence-electron chi connectivity index (χ1n) is 8.52. The Morgan fingerprint density at radius 1 is 1.44 bits per heavy atom. The van der Waals surface area contributed by atoms with Crippen LogP contribution in [-0.4, -0.2) is 41.5 Å². The van der Waals surface area contributed by atoms with Crippen molar-refractivity contribution in [3.63, 3.8) is 0 Å². The van der Waals surface area contributed by atoms with Gasteiger partial charge in [-0.3, -0.25) is 14.6 Å². The average Bonchev–Trinajstić information content (AvgIpc) is 3.19. The Hall–Kier alpha value is -1.86. The number of carbonyl (C=O) groups is 2. The van der Waals surface area contributed by atoms with Crippen molar-refractivity contribution in [1.82, 2.24) is 5.32 Å². The molecule has 134 valence electrons. The van der Waals surface area contributed by atoms with E-state index in [2.05, 4.69) is 15.6 Å². The van der Waals surface area contributed by atoms with Crippen molar-refractivity contribution >= 4 is 34.4 Å². The molecule has 0 bridgehead atoms. The van der Waals surface area contributed by atoms with Crippen LogP contribution >= 0.6 is 11.8 Å². The summed E-state index contributed by atoms with van der Waals surface area (Å²) in [6.07, 6.45) is 2.35. The molecule has 2 N–H and O–H groups in total. The number of nitrogens with zero attached hydrogens (tertiary/aromatic N) is 1. The molecule has 2 atom stereocenters. The van der Waals surface area contributed by atoms with E-state index in [1.165, 1.54) is 11.8 Å². The smallest absolute Gasteiger partial charge is 0.240 e. The lowest BCUT2D eigenvalue weighted by Crippen LogP contribution is -2.28. The van der Waals surface area contributed by atoms with Crippen LogP contribution in [0.3, 0.4) is 0 Å². The van der Waals surface area contributed by atoms with Crippen molar-refractivity contribution in [3.8, 4) is 0 Å². The van der Waals surface area contributed by atoms with Crippen LogP contribution in [0.1, 0.15) is 30.4 Å². The molecule has 0 aliphatic carbocycles. The SMILES string of the molecule is Cc1ccc(C)c(NC(=O)C[C@H]2SC(=NC[C@H]3CCCO3)NC2=O)c1. The second-order valence-electron chi connectivity index (χ2n) is 6.45. The van der Waals surface area contributed by atoms with Gasteiger partial charge < -0.3 is 15.4 Å². The molecule has 0 spiro atoms. The fourth-order valence-electron chi connectivity index (χ4n) is 2.83. The molecule has 2 fully saturated rings. The van der Waals surface area contributed by atoms with Gasteiger partial charge in [-0.2, -0.15) is 0 Å². The Kier molecular flexibility index (Phi) is 5.75. The summed E-state index contributed by atoms with van der Waals surface area (Å²) in [5.41, 5.74) is 2.87. The molecule has 2 heterocycles. The van der Waals surface area contributed by atoms with Crippen LogP contribution in [0.25, 0.3) is 0 Å². The Morgan fingerprint density at radius 2 is 2.28 bits per heavy atom. The molecular formula is C18H23N3O3S. The first-order chi connectivity index (χ1) is 12.0. The molecule has 25 heavy (non-hydrogen) atoms. The highest BCUT2D eigenvalue weighted by molar-refractivity contribution is 8.15. The number of amidine groups is 1. The zero-order valence-electron chi connectivity index (χ0n) is 14.5. The molecule has 1 aromatic carbocycles.